The summed E-state index contributed by atoms with van der Waals surface area (Å²) in [5, 5.41) is 2.67. The van der Waals surface area contributed by atoms with E-state index >= 15 is 0 Å². The van der Waals surface area contributed by atoms with Gasteiger partial charge in [0.1, 0.15) is 6.61 Å². The number of nitrogens with one attached hydrogen (secondary N) is 1. The molecule has 2 aromatic rings. The second kappa shape index (κ2) is 8.67. The Morgan fingerprint density at radius 3 is 2.17 bits per heavy atom. The third-order valence-electron chi connectivity index (χ3n) is 3.39. The number of alkyl carbamates (subject to hydrolysis) is 1. The first-order chi connectivity index (χ1) is 11.6. The average Bonchev–Trinajstić information content (AvgIpc) is 2.61. The van der Waals surface area contributed by atoms with Crippen LogP contribution in [-0.2, 0) is 16.1 Å². The van der Waals surface area contributed by atoms with Gasteiger partial charge in [-0.1, -0.05) is 74.5 Å². The molecule has 24 heavy (non-hydrogen) atoms. The van der Waals surface area contributed by atoms with E-state index in [4.69, 9.17) is 4.74 Å². The van der Waals surface area contributed by atoms with Crippen LogP contribution in [-0.4, -0.2) is 11.9 Å². The summed E-state index contributed by atoms with van der Waals surface area (Å²) in [6, 6.07) is 18.7. The first-order valence-corrected chi connectivity index (χ1v) is 7.85. The predicted molar refractivity (Wildman–Crippen MR) is 94.0 cm³/mol. The minimum atomic E-state index is -0.592. The molecule has 0 aliphatic heterocycles. The number of rotatable bonds is 6. The molecule has 2 aromatic carbocycles. The molecule has 0 spiro atoms. The van der Waals surface area contributed by atoms with Crippen molar-refractivity contribution in [3.63, 3.8) is 0 Å². The van der Waals surface area contributed by atoms with E-state index in [0.717, 1.165) is 11.1 Å². The molecule has 1 amide bonds. The molecule has 0 fully saturated rings. The first kappa shape index (κ1) is 17.5. The van der Waals surface area contributed by atoms with Crippen LogP contribution in [0.1, 0.15) is 25.0 Å². The molecule has 0 radical (unpaired) electrons. The average molecular weight is 323 g/mol. The number of allylic oxidation sites excluding steroid dienone is 1. The lowest BCUT2D eigenvalue weighted by Gasteiger charge is -2.11. The highest BCUT2D eigenvalue weighted by atomic mass is 16.5. The summed E-state index contributed by atoms with van der Waals surface area (Å²) in [6.07, 6.45) is 0.856. The Hall–Kier alpha value is -2.88. The maximum absolute atomic E-state index is 12.1. The molecule has 0 saturated heterocycles. The van der Waals surface area contributed by atoms with Crippen molar-refractivity contribution in [3.05, 3.63) is 77.9 Å². The Morgan fingerprint density at radius 1 is 1.00 bits per heavy atom. The zero-order valence-electron chi connectivity index (χ0n) is 13.9. The maximum atomic E-state index is 12.1. The van der Waals surface area contributed by atoms with Crippen molar-refractivity contribution in [1.29, 1.82) is 0 Å². The predicted octanol–water partition coefficient (Wildman–Crippen LogP) is 4.18. The smallest absolute Gasteiger partial charge is 0.411 e. The van der Waals surface area contributed by atoms with Crippen molar-refractivity contribution in [3.8, 4) is 0 Å². The molecule has 0 aliphatic rings. The highest BCUT2D eigenvalue weighted by molar-refractivity contribution is 5.99. The number of carbonyl (C=O) groups excluding carboxylic acids is 2. The lowest BCUT2D eigenvalue weighted by atomic mass is 10.1. The summed E-state index contributed by atoms with van der Waals surface area (Å²) in [7, 11) is 0. The third-order valence-corrected chi connectivity index (χ3v) is 3.39. The van der Waals surface area contributed by atoms with E-state index in [-0.39, 0.29) is 18.3 Å². The quantitative estimate of drug-likeness (QED) is 0.811. The standard InChI is InChI=1S/C20H21NO3/c1-15(2)19(22)13-18(17-11-7-4-8-12-17)21-20(23)24-14-16-9-5-3-6-10-16/h3-13,15H,14H2,1-2H3,(H,21,23)/b18-13-. The summed E-state index contributed by atoms with van der Waals surface area (Å²) < 4.78 is 5.22. The van der Waals surface area contributed by atoms with Crippen molar-refractivity contribution in [2.75, 3.05) is 0 Å². The van der Waals surface area contributed by atoms with E-state index in [1.165, 1.54) is 6.08 Å². The minimum absolute atomic E-state index is 0.0581. The van der Waals surface area contributed by atoms with Gasteiger partial charge in [-0.2, -0.15) is 0 Å². The van der Waals surface area contributed by atoms with Gasteiger partial charge in [0.2, 0.25) is 0 Å². The van der Waals surface area contributed by atoms with Crippen molar-refractivity contribution in [1.82, 2.24) is 5.32 Å². The highest BCUT2D eigenvalue weighted by Crippen LogP contribution is 2.13. The Bertz CT molecular complexity index is 706. The molecule has 0 saturated carbocycles. The Labute approximate surface area is 142 Å². The molecule has 4 nitrogen and oxygen atoms in total. The molecular weight excluding hydrogens is 302 g/mol. The third kappa shape index (κ3) is 5.39. The van der Waals surface area contributed by atoms with Crippen LogP contribution in [0.4, 0.5) is 4.79 Å². The molecule has 0 heterocycles. The van der Waals surface area contributed by atoms with Crippen LogP contribution in [0.3, 0.4) is 0 Å². The molecule has 4 heteroatoms. The van der Waals surface area contributed by atoms with Crippen LogP contribution in [0.15, 0.2) is 66.7 Å². The van der Waals surface area contributed by atoms with Crippen LogP contribution in [0.2, 0.25) is 0 Å². The molecule has 2 rings (SSSR count). The minimum Gasteiger partial charge on any atom is -0.444 e. The van der Waals surface area contributed by atoms with Crippen LogP contribution in [0, 0.1) is 5.92 Å². The summed E-state index contributed by atoms with van der Waals surface area (Å²) >= 11 is 0. The molecule has 0 aromatic heterocycles. The van der Waals surface area contributed by atoms with E-state index in [2.05, 4.69) is 5.32 Å². The fourth-order valence-electron chi connectivity index (χ4n) is 1.99. The Morgan fingerprint density at radius 2 is 1.58 bits per heavy atom. The fourth-order valence-corrected chi connectivity index (χ4v) is 1.99. The van der Waals surface area contributed by atoms with Gasteiger partial charge < -0.3 is 4.74 Å². The monoisotopic (exact) mass is 323 g/mol. The van der Waals surface area contributed by atoms with E-state index < -0.39 is 6.09 Å². The van der Waals surface area contributed by atoms with Gasteiger partial charge >= 0.3 is 6.09 Å². The fraction of sp³-hybridized carbons (Fsp3) is 0.200. The summed E-state index contributed by atoms with van der Waals surface area (Å²) in [4.78, 5) is 24.1. The molecule has 124 valence electrons. The lowest BCUT2D eigenvalue weighted by molar-refractivity contribution is -0.117. The van der Waals surface area contributed by atoms with Crippen LogP contribution < -0.4 is 5.32 Å². The van der Waals surface area contributed by atoms with Gasteiger partial charge in [-0.3, -0.25) is 10.1 Å². The number of ether oxygens (including phenoxy) is 1. The summed E-state index contributed by atoms with van der Waals surface area (Å²) in [6.45, 7) is 3.80. The van der Waals surface area contributed by atoms with E-state index in [1.54, 1.807) is 0 Å². The SMILES string of the molecule is CC(C)C(=O)/C=C(\NC(=O)OCc1ccccc1)c1ccccc1. The maximum Gasteiger partial charge on any atom is 0.411 e. The van der Waals surface area contributed by atoms with Crippen molar-refractivity contribution in [2.24, 2.45) is 5.92 Å². The van der Waals surface area contributed by atoms with Crippen molar-refractivity contribution < 1.29 is 14.3 Å². The van der Waals surface area contributed by atoms with Crippen LogP contribution in [0.25, 0.3) is 5.70 Å². The number of carbonyl (C=O) groups is 2. The number of hydrogen-bond donors (Lipinski definition) is 1. The molecular formula is C20H21NO3. The van der Waals surface area contributed by atoms with Crippen molar-refractivity contribution in [2.45, 2.75) is 20.5 Å². The molecule has 1 N–H and O–H groups in total. The largest absolute Gasteiger partial charge is 0.444 e. The number of amides is 1. The van der Waals surface area contributed by atoms with Gasteiger partial charge in [0, 0.05) is 12.0 Å². The molecule has 0 unspecified atom stereocenters. The second-order valence-corrected chi connectivity index (χ2v) is 5.67. The van der Waals surface area contributed by atoms with Crippen molar-refractivity contribution >= 4 is 17.6 Å². The van der Waals surface area contributed by atoms with Gasteiger partial charge in [-0.25, -0.2) is 4.79 Å². The zero-order chi connectivity index (χ0) is 17.4. The Kier molecular flexibility index (Phi) is 6.32. The molecule has 0 aliphatic carbocycles. The van der Waals surface area contributed by atoms with Gasteiger partial charge in [0.05, 0.1) is 5.70 Å². The Balaban J connectivity index is 2.07. The summed E-state index contributed by atoms with van der Waals surface area (Å²) in [5.74, 6) is -0.205. The first-order valence-electron chi connectivity index (χ1n) is 7.85. The van der Waals surface area contributed by atoms with Gasteiger partial charge in [0.25, 0.3) is 0 Å². The van der Waals surface area contributed by atoms with Gasteiger partial charge in [-0.05, 0) is 11.1 Å². The number of hydrogen-bond acceptors (Lipinski definition) is 3. The highest BCUT2D eigenvalue weighted by Gasteiger charge is 2.12. The molecule has 0 bridgehead atoms. The van der Waals surface area contributed by atoms with E-state index in [1.807, 2.05) is 74.5 Å². The lowest BCUT2D eigenvalue weighted by Crippen LogP contribution is -2.24. The topological polar surface area (TPSA) is 55.4 Å². The zero-order valence-corrected chi connectivity index (χ0v) is 13.9. The van der Waals surface area contributed by atoms with Crippen LogP contribution >= 0.6 is 0 Å². The number of ketones is 1. The second-order valence-electron chi connectivity index (χ2n) is 5.67. The molecule has 0 atom stereocenters. The van der Waals surface area contributed by atoms with Gasteiger partial charge in [-0.15, -0.1) is 0 Å². The van der Waals surface area contributed by atoms with Gasteiger partial charge in [0.15, 0.2) is 5.78 Å². The van der Waals surface area contributed by atoms with Crippen LogP contribution in [0.5, 0.6) is 0 Å². The van der Waals surface area contributed by atoms with E-state index in [0.29, 0.717) is 5.70 Å². The normalized spacial score (nSPS) is 11.2. The van der Waals surface area contributed by atoms with E-state index in [9.17, 15) is 9.59 Å². The number of benzene rings is 2. The summed E-state index contributed by atoms with van der Waals surface area (Å²) in [5.41, 5.74) is 2.09.